The fourth-order valence-corrected chi connectivity index (χ4v) is 1.86. The number of hydrogen-bond donors (Lipinski definition) is 1. The zero-order chi connectivity index (χ0) is 12.0. The zero-order valence-corrected chi connectivity index (χ0v) is 10.2. The van der Waals surface area contributed by atoms with E-state index in [9.17, 15) is 4.79 Å². The number of piperidine rings is 1. The Morgan fingerprint density at radius 3 is 2.69 bits per heavy atom. The van der Waals surface area contributed by atoms with Crippen molar-refractivity contribution in [2.24, 2.45) is 5.92 Å². The second-order valence-corrected chi connectivity index (χ2v) is 4.53. The number of nitrogens with zero attached hydrogens (tertiary/aromatic N) is 2. The number of rotatable bonds is 4. The second kappa shape index (κ2) is 6.49. The molecule has 1 N–H and O–H groups in total. The molecular weight excluding hydrogens is 202 g/mol. The molecule has 1 fully saturated rings. The third-order valence-corrected chi connectivity index (χ3v) is 3.29. The fraction of sp³-hybridized carbons (Fsp3) is 0.833. The predicted octanol–water partition coefficient (Wildman–Crippen LogP) is 1.14. The van der Waals surface area contributed by atoms with Gasteiger partial charge in [-0.25, -0.2) is 0 Å². The Labute approximate surface area is 97.6 Å². The van der Waals surface area contributed by atoms with Gasteiger partial charge in [-0.15, -0.1) is 0 Å². The van der Waals surface area contributed by atoms with Crippen LogP contribution >= 0.6 is 0 Å². The van der Waals surface area contributed by atoms with E-state index in [0.717, 1.165) is 32.4 Å². The molecule has 0 spiro atoms. The number of likely N-dealkylation sites (tertiary alicyclic amines) is 1. The smallest absolute Gasteiger partial charge is 0.223 e. The van der Waals surface area contributed by atoms with Gasteiger partial charge in [0, 0.05) is 25.0 Å². The number of nitriles is 1. The lowest BCUT2D eigenvalue weighted by Gasteiger charge is -2.31. The maximum Gasteiger partial charge on any atom is 0.223 e. The minimum absolute atomic E-state index is 0.108. The van der Waals surface area contributed by atoms with Crippen LogP contribution in [0.25, 0.3) is 0 Å². The second-order valence-electron chi connectivity index (χ2n) is 4.53. The van der Waals surface area contributed by atoms with Crippen molar-refractivity contribution in [3.63, 3.8) is 0 Å². The van der Waals surface area contributed by atoms with Crippen LogP contribution in [0.15, 0.2) is 0 Å². The molecule has 90 valence electrons. The lowest BCUT2D eigenvalue weighted by atomic mass is 10.0. The van der Waals surface area contributed by atoms with Gasteiger partial charge in [-0.2, -0.15) is 5.26 Å². The van der Waals surface area contributed by atoms with Gasteiger partial charge in [0.05, 0.1) is 12.6 Å². The van der Waals surface area contributed by atoms with Gasteiger partial charge in [-0.05, 0) is 19.3 Å². The van der Waals surface area contributed by atoms with Crippen LogP contribution in [0.4, 0.5) is 0 Å². The van der Waals surface area contributed by atoms with Crippen molar-refractivity contribution in [3.05, 3.63) is 0 Å². The van der Waals surface area contributed by atoms with Crippen LogP contribution in [0.3, 0.4) is 0 Å². The Bertz CT molecular complexity index is 264. The van der Waals surface area contributed by atoms with E-state index >= 15 is 0 Å². The highest BCUT2D eigenvalue weighted by atomic mass is 16.1. The summed E-state index contributed by atoms with van der Waals surface area (Å²) in [5.41, 5.74) is 0. The SMILES string of the molecule is CCC(C)C(=O)NC1CCN(CC#N)CC1. The van der Waals surface area contributed by atoms with Crippen molar-refractivity contribution < 1.29 is 4.79 Å². The van der Waals surface area contributed by atoms with Gasteiger partial charge in [0.2, 0.25) is 5.91 Å². The largest absolute Gasteiger partial charge is 0.353 e. The summed E-state index contributed by atoms with van der Waals surface area (Å²) in [6, 6.07) is 2.46. The molecule has 0 bridgehead atoms. The first-order chi connectivity index (χ1) is 7.67. The Kier molecular flexibility index (Phi) is 5.27. The van der Waals surface area contributed by atoms with Crippen LogP contribution in [0, 0.1) is 17.2 Å². The third-order valence-electron chi connectivity index (χ3n) is 3.29. The minimum Gasteiger partial charge on any atom is -0.353 e. The van der Waals surface area contributed by atoms with Crippen LogP contribution in [0.2, 0.25) is 0 Å². The van der Waals surface area contributed by atoms with Crippen LogP contribution < -0.4 is 5.32 Å². The number of carbonyl (C=O) groups is 1. The van der Waals surface area contributed by atoms with Crippen molar-refractivity contribution in [2.45, 2.75) is 39.2 Å². The molecule has 0 aromatic rings. The molecule has 0 aromatic carbocycles. The van der Waals surface area contributed by atoms with Crippen molar-refractivity contribution in [3.8, 4) is 6.07 Å². The molecule has 1 saturated heterocycles. The van der Waals surface area contributed by atoms with E-state index in [1.165, 1.54) is 0 Å². The molecule has 1 amide bonds. The first-order valence-corrected chi connectivity index (χ1v) is 6.07. The molecule has 0 aromatic heterocycles. The molecular formula is C12H21N3O. The molecule has 0 saturated carbocycles. The number of nitrogens with one attached hydrogen (secondary N) is 1. The molecule has 1 rings (SSSR count). The maximum atomic E-state index is 11.7. The number of amides is 1. The summed E-state index contributed by atoms with van der Waals surface area (Å²) in [5.74, 6) is 0.276. The van der Waals surface area contributed by atoms with Crippen LogP contribution in [-0.2, 0) is 4.79 Å². The summed E-state index contributed by atoms with van der Waals surface area (Å²) in [4.78, 5) is 13.8. The Balaban J connectivity index is 2.27. The average molecular weight is 223 g/mol. The Hall–Kier alpha value is -1.08. The van der Waals surface area contributed by atoms with E-state index in [2.05, 4.69) is 16.3 Å². The zero-order valence-electron chi connectivity index (χ0n) is 10.2. The summed E-state index contributed by atoms with van der Waals surface area (Å²) in [5, 5.41) is 11.7. The maximum absolute atomic E-state index is 11.7. The molecule has 0 radical (unpaired) electrons. The molecule has 1 atom stereocenters. The Morgan fingerprint density at radius 1 is 1.56 bits per heavy atom. The van der Waals surface area contributed by atoms with Crippen molar-refractivity contribution in [2.75, 3.05) is 19.6 Å². The third kappa shape index (κ3) is 3.82. The number of carbonyl (C=O) groups excluding carboxylic acids is 1. The lowest BCUT2D eigenvalue weighted by molar-refractivity contribution is -0.125. The van der Waals surface area contributed by atoms with Crippen LogP contribution in [0.5, 0.6) is 0 Å². The van der Waals surface area contributed by atoms with Crippen molar-refractivity contribution in [1.82, 2.24) is 10.2 Å². The first-order valence-electron chi connectivity index (χ1n) is 6.07. The summed E-state index contributed by atoms with van der Waals surface area (Å²) >= 11 is 0. The summed E-state index contributed by atoms with van der Waals surface area (Å²) in [7, 11) is 0. The highest BCUT2D eigenvalue weighted by Crippen LogP contribution is 2.11. The molecule has 1 aliphatic heterocycles. The van der Waals surface area contributed by atoms with Crippen molar-refractivity contribution >= 4 is 5.91 Å². The monoisotopic (exact) mass is 223 g/mol. The van der Waals surface area contributed by atoms with E-state index in [4.69, 9.17) is 5.26 Å². The lowest BCUT2D eigenvalue weighted by Crippen LogP contribution is -2.46. The Morgan fingerprint density at radius 2 is 2.19 bits per heavy atom. The van der Waals surface area contributed by atoms with Gasteiger partial charge in [-0.3, -0.25) is 9.69 Å². The summed E-state index contributed by atoms with van der Waals surface area (Å²) in [6.07, 6.45) is 2.81. The van der Waals surface area contributed by atoms with Gasteiger partial charge in [-0.1, -0.05) is 13.8 Å². The van der Waals surface area contributed by atoms with E-state index in [0.29, 0.717) is 12.6 Å². The highest BCUT2D eigenvalue weighted by molar-refractivity contribution is 5.78. The minimum atomic E-state index is 0.108. The molecule has 16 heavy (non-hydrogen) atoms. The van der Waals surface area contributed by atoms with Gasteiger partial charge in [0.1, 0.15) is 0 Å². The van der Waals surface area contributed by atoms with Crippen LogP contribution in [-0.4, -0.2) is 36.5 Å². The predicted molar refractivity (Wildman–Crippen MR) is 62.7 cm³/mol. The molecule has 4 heteroatoms. The first kappa shape index (κ1) is 13.0. The topological polar surface area (TPSA) is 56.1 Å². The van der Waals surface area contributed by atoms with E-state index in [1.54, 1.807) is 0 Å². The molecule has 1 heterocycles. The van der Waals surface area contributed by atoms with Crippen LogP contribution in [0.1, 0.15) is 33.1 Å². The molecule has 1 aliphatic rings. The van der Waals surface area contributed by atoms with Gasteiger partial charge >= 0.3 is 0 Å². The number of hydrogen-bond acceptors (Lipinski definition) is 3. The van der Waals surface area contributed by atoms with Gasteiger partial charge in [0.25, 0.3) is 0 Å². The quantitative estimate of drug-likeness (QED) is 0.727. The van der Waals surface area contributed by atoms with E-state index in [-0.39, 0.29) is 11.8 Å². The van der Waals surface area contributed by atoms with E-state index in [1.807, 2.05) is 13.8 Å². The molecule has 4 nitrogen and oxygen atoms in total. The molecule has 1 unspecified atom stereocenters. The average Bonchev–Trinajstić information content (AvgIpc) is 2.31. The van der Waals surface area contributed by atoms with Crippen molar-refractivity contribution in [1.29, 1.82) is 5.26 Å². The standard InChI is InChI=1S/C12H21N3O/c1-3-10(2)12(16)14-11-4-7-15(8-5-11)9-6-13/h10-11H,3-5,7-9H2,1-2H3,(H,14,16). The van der Waals surface area contributed by atoms with Gasteiger partial charge in [0.15, 0.2) is 0 Å². The fourth-order valence-electron chi connectivity index (χ4n) is 1.86. The van der Waals surface area contributed by atoms with Gasteiger partial charge < -0.3 is 5.32 Å². The normalized spacial score (nSPS) is 20.1. The van der Waals surface area contributed by atoms with E-state index < -0.39 is 0 Å². The highest BCUT2D eigenvalue weighted by Gasteiger charge is 2.21. The summed E-state index contributed by atoms with van der Waals surface area (Å²) < 4.78 is 0. The summed E-state index contributed by atoms with van der Waals surface area (Å²) in [6.45, 7) is 6.32. The molecule has 0 aliphatic carbocycles.